The van der Waals surface area contributed by atoms with Crippen LogP contribution in [0.15, 0.2) is 54.6 Å². The summed E-state index contributed by atoms with van der Waals surface area (Å²) in [5.41, 5.74) is 1.26. The van der Waals surface area contributed by atoms with E-state index in [2.05, 4.69) is 9.50 Å². The third kappa shape index (κ3) is 8.27. The summed E-state index contributed by atoms with van der Waals surface area (Å²) >= 11 is 0. The van der Waals surface area contributed by atoms with Gasteiger partial charge in [0.05, 0.1) is 19.3 Å². The number of aliphatic hydroxyl groups is 1. The number of aliphatic hydroxyl groups excluding tert-OH is 1. The number of ether oxygens (including phenoxy) is 3. The highest BCUT2D eigenvalue weighted by Gasteiger charge is 2.24. The molecule has 2 unspecified atom stereocenters. The molecule has 2 rings (SSSR count). The van der Waals surface area contributed by atoms with Gasteiger partial charge in [0, 0.05) is 7.11 Å². The molecular formula is C21H25NO9S. The van der Waals surface area contributed by atoms with Crippen LogP contribution in [-0.2, 0) is 35.2 Å². The Morgan fingerprint density at radius 1 is 1.03 bits per heavy atom. The maximum Gasteiger partial charge on any atom is 0.408 e. The number of esters is 1. The Morgan fingerprint density at radius 2 is 1.69 bits per heavy atom. The Balaban J connectivity index is 1.97. The van der Waals surface area contributed by atoms with Gasteiger partial charge in [0.25, 0.3) is 10.1 Å². The largest absolute Gasteiger partial charge is 0.445 e. The summed E-state index contributed by atoms with van der Waals surface area (Å²) in [7, 11) is -1.48. The summed E-state index contributed by atoms with van der Waals surface area (Å²) in [6.45, 7) is 0.0517. The van der Waals surface area contributed by atoms with Gasteiger partial charge in [-0.05, 0) is 23.3 Å². The Morgan fingerprint density at radius 3 is 2.28 bits per heavy atom. The molecule has 2 N–H and O–H groups in total. The molecule has 0 aliphatic heterocycles. The van der Waals surface area contributed by atoms with Gasteiger partial charge in [0.15, 0.2) is 6.29 Å². The summed E-state index contributed by atoms with van der Waals surface area (Å²) in [4.78, 5) is 24.0. The van der Waals surface area contributed by atoms with Crippen molar-refractivity contribution in [3.8, 4) is 5.75 Å². The lowest BCUT2D eigenvalue weighted by Crippen LogP contribution is -2.37. The van der Waals surface area contributed by atoms with Gasteiger partial charge in [0.2, 0.25) is 0 Å². The first-order valence-corrected chi connectivity index (χ1v) is 11.1. The van der Waals surface area contributed by atoms with E-state index in [0.717, 1.165) is 12.7 Å². The molecule has 0 bridgehead atoms. The SMILES string of the molecule is COC(O)C(NC(=O)OCc1ccccc1)c1ccc(OC(=O)CCS(=O)(=O)OC)cc1. The quantitative estimate of drug-likeness (QED) is 0.220. The van der Waals surface area contributed by atoms with Crippen molar-refractivity contribution in [2.24, 2.45) is 0 Å². The van der Waals surface area contributed by atoms with E-state index in [0.29, 0.717) is 5.56 Å². The zero-order valence-corrected chi connectivity index (χ0v) is 18.4. The topological polar surface area (TPSA) is 137 Å². The Hall–Kier alpha value is -2.99. The first kappa shape index (κ1) is 25.3. The number of amides is 1. The number of hydrogen-bond acceptors (Lipinski definition) is 9. The van der Waals surface area contributed by atoms with Gasteiger partial charge in [0.1, 0.15) is 18.4 Å². The second kappa shape index (κ2) is 12.2. The normalized spacial score (nSPS) is 13.1. The molecule has 1 amide bonds. The minimum atomic E-state index is -3.77. The monoisotopic (exact) mass is 467 g/mol. The summed E-state index contributed by atoms with van der Waals surface area (Å²) < 4.78 is 42.0. The molecule has 0 fully saturated rings. The third-order valence-corrected chi connectivity index (χ3v) is 5.51. The van der Waals surface area contributed by atoms with Gasteiger partial charge in [-0.2, -0.15) is 8.42 Å². The number of hydrogen-bond donors (Lipinski definition) is 2. The molecule has 0 saturated heterocycles. The molecule has 0 radical (unpaired) electrons. The minimum Gasteiger partial charge on any atom is -0.445 e. The van der Waals surface area contributed by atoms with Crippen LogP contribution in [0.1, 0.15) is 23.6 Å². The molecule has 0 aliphatic carbocycles. The fourth-order valence-corrected chi connectivity index (χ4v) is 3.15. The lowest BCUT2D eigenvalue weighted by atomic mass is 10.1. The van der Waals surface area contributed by atoms with E-state index in [9.17, 15) is 23.1 Å². The number of alkyl carbamates (subject to hydrolysis) is 1. The van der Waals surface area contributed by atoms with Crippen LogP contribution in [0, 0.1) is 0 Å². The molecule has 2 aromatic rings. The zero-order chi connectivity index (χ0) is 23.6. The van der Waals surface area contributed by atoms with Crippen molar-refractivity contribution in [1.29, 1.82) is 0 Å². The molecule has 0 saturated carbocycles. The molecule has 0 aromatic heterocycles. The summed E-state index contributed by atoms with van der Waals surface area (Å²) in [5.74, 6) is -1.10. The van der Waals surface area contributed by atoms with Crippen molar-refractivity contribution < 1.29 is 41.5 Å². The Kier molecular flexibility index (Phi) is 9.60. The molecular weight excluding hydrogens is 442 g/mol. The molecule has 0 heterocycles. The Labute approximate surface area is 186 Å². The molecule has 0 aliphatic rings. The van der Waals surface area contributed by atoms with Crippen LogP contribution < -0.4 is 10.1 Å². The second-order valence-corrected chi connectivity index (χ2v) is 8.39. The first-order valence-electron chi connectivity index (χ1n) is 9.51. The second-order valence-electron chi connectivity index (χ2n) is 6.53. The van der Waals surface area contributed by atoms with Crippen LogP contribution in [0.2, 0.25) is 0 Å². The van der Waals surface area contributed by atoms with Gasteiger partial charge in [-0.3, -0.25) is 8.98 Å². The predicted molar refractivity (Wildman–Crippen MR) is 113 cm³/mol. The molecule has 10 nitrogen and oxygen atoms in total. The highest BCUT2D eigenvalue weighted by atomic mass is 32.2. The number of nitrogens with one attached hydrogen (secondary N) is 1. The van der Waals surface area contributed by atoms with E-state index in [1.165, 1.54) is 31.4 Å². The number of methoxy groups -OCH3 is 1. The van der Waals surface area contributed by atoms with Crippen LogP contribution in [0.3, 0.4) is 0 Å². The lowest BCUT2D eigenvalue weighted by molar-refractivity contribution is -0.133. The highest BCUT2D eigenvalue weighted by Crippen LogP contribution is 2.22. The van der Waals surface area contributed by atoms with Gasteiger partial charge in [-0.25, -0.2) is 4.79 Å². The number of rotatable bonds is 11. The van der Waals surface area contributed by atoms with E-state index < -0.39 is 40.3 Å². The first-order chi connectivity index (χ1) is 15.2. The fraction of sp³-hybridized carbons (Fsp3) is 0.333. The van der Waals surface area contributed by atoms with Crippen molar-refractivity contribution in [2.75, 3.05) is 20.0 Å². The fourth-order valence-electron chi connectivity index (χ4n) is 2.56. The minimum absolute atomic E-state index is 0.0517. The molecule has 2 atom stereocenters. The molecule has 11 heteroatoms. The van der Waals surface area contributed by atoms with Crippen LogP contribution in [0.4, 0.5) is 4.79 Å². The van der Waals surface area contributed by atoms with Gasteiger partial charge >= 0.3 is 12.1 Å². The molecule has 0 spiro atoms. The average Bonchev–Trinajstić information content (AvgIpc) is 2.81. The third-order valence-electron chi connectivity index (χ3n) is 4.29. The van der Waals surface area contributed by atoms with E-state index in [1.807, 2.05) is 18.2 Å². The summed E-state index contributed by atoms with van der Waals surface area (Å²) in [6, 6.07) is 14.0. The van der Waals surface area contributed by atoms with Crippen molar-refractivity contribution in [2.45, 2.75) is 25.4 Å². The Bertz CT molecular complexity index is 978. The summed E-state index contributed by atoms with van der Waals surface area (Å²) in [6.07, 6.45) is -2.51. The van der Waals surface area contributed by atoms with Crippen LogP contribution in [0.25, 0.3) is 0 Å². The van der Waals surface area contributed by atoms with Crippen molar-refractivity contribution in [3.63, 3.8) is 0 Å². The van der Waals surface area contributed by atoms with Gasteiger partial charge in [-0.15, -0.1) is 0 Å². The predicted octanol–water partition coefficient (Wildman–Crippen LogP) is 1.89. The average molecular weight is 467 g/mol. The standard InChI is InChI=1S/C21H25NO9S/c1-28-20(24)19(22-21(25)30-14-15-6-4-3-5-7-15)16-8-10-17(11-9-16)31-18(23)12-13-32(26,27)29-2/h3-11,19-20,24H,12-14H2,1-2H3,(H,22,25). The van der Waals surface area contributed by atoms with Crippen LogP contribution >= 0.6 is 0 Å². The van der Waals surface area contributed by atoms with E-state index >= 15 is 0 Å². The maximum atomic E-state index is 12.2. The number of benzene rings is 2. The molecule has 174 valence electrons. The smallest absolute Gasteiger partial charge is 0.408 e. The van der Waals surface area contributed by atoms with Crippen LogP contribution in [-0.4, -0.2) is 51.8 Å². The molecule has 32 heavy (non-hydrogen) atoms. The van der Waals surface area contributed by atoms with Gasteiger partial charge < -0.3 is 24.6 Å². The molecule has 2 aromatic carbocycles. The zero-order valence-electron chi connectivity index (χ0n) is 17.6. The van der Waals surface area contributed by atoms with E-state index in [-0.39, 0.29) is 18.8 Å². The summed E-state index contributed by atoms with van der Waals surface area (Å²) in [5, 5.41) is 12.7. The van der Waals surface area contributed by atoms with Crippen molar-refractivity contribution >= 4 is 22.2 Å². The maximum absolute atomic E-state index is 12.2. The van der Waals surface area contributed by atoms with E-state index in [4.69, 9.17) is 14.2 Å². The van der Waals surface area contributed by atoms with Crippen molar-refractivity contribution in [3.05, 3.63) is 65.7 Å². The number of carbonyl (C=O) groups is 2. The number of carbonyl (C=O) groups excluding carboxylic acids is 2. The van der Waals surface area contributed by atoms with Crippen molar-refractivity contribution in [1.82, 2.24) is 5.32 Å². The lowest BCUT2D eigenvalue weighted by Gasteiger charge is -2.23. The van der Waals surface area contributed by atoms with Crippen LogP contribution in [0.5, 0.6) is 5.75 Å². The van der Waals surface area contributed by atoms with E-state index in [1.54, 1.807) is 12.1 Å². The van der Waals surface area contributed by atoms with Gasteiger partial charge in [-0.1, -0.05) is 42.5 Å². The highest BCUT2D eigenvalue weighted by molar-refractivity contribution is 7.86.